The summed E-state index contributed by atoms with van der Waals surface area (Å²) in [7, 11) is 1.63. The van der Waals surface area contributed by atoms with Crippen molar-refractivity contribution in [3.63, 3.8) is 0 Å². The Bertz CT molecular complexity index is 856. The Morgan fingerprint density at radius 1 is 1.00 bits per heavy atom. The number of carbonyl (C=O) groups is 2. The molecule has 1 fully saturated rings. The van der Waals surface area contributed by atoms with Crippen LogP contribution in [-0.4, -0.2) is 42.2 Å². The molecule has 2 aromatic carbocycles. The number of nitrogens with one attached hydrogen (secondary N) is 1. The summed E-state index contributed by atoms with van der Waals surface area (Å²) in [5, 5.41) is 6.12. The summed E-state index contributed by atoms with van der Waals surface area (Å²) >= 11 is 0. The number of hydrogen-bond donors (Lipinski definition) is 1. The molecule has 0 radical (unpaired) electrons. The van der Waals surface area contributed by atoms with E-state index in [1.807, 2.05) is 24.3 Å². The highest BCUT2D eigenvalue weighted by molar-refractivity contribution is 5.82. The highest BCUT2D eigenvalue weighted by Crippen LogP contribution is 2.29. The fourth-order valence-corrected chi connectivity index (χ4v) is 4.24. The fourth-order valence-electron chi connectivity index (χ4n) is 4.24. The van der Waals surface area contributed by atoms with Crippen LogP contribution in [0.2, 0.25) is 0 Å². The number of hydrazine groups is 1. The molecule has 2 aliphatic rings. The quantitative estimate of drug-likeness (QED) is 0.849. The Morgan fingerprint density at radius 3 is 2.31 bits per heavy atom. The van der Waals surface area contributed by atoms with Crippen LogP contribution in [0.1, 0.15) is 29.5 Å². The lowest BCUT2D eigenvalue weighted by molar-refractivity contribution is -0.141. The molecule has 0 aromatic heterocycles. The molecule has 4 rings (SSSR count). The van der Waals surface area contributed by atoms with Crippen molar-refractivity contribution >= 4 is 11.9 Å². The van der Waals surface area contributed by atoms with E-state index in [9.17, 15) is 9.59 Å². The largest absolute Gasteiger partial charge is 0.497 e. The molecule has 1 heterocycles. The topological polar surface area (TPSA) is 61.9 Å². The standard InChI is InChI=1S/C23H27N3O3/c1-29-21-9-7-17(8-10-21)16-24-23(28)26-12-4-11-25(26)22(27)15-18-13-19-5-2-3-6-20(19)14-18/h2-3,5-10,18H,4,11-16H2,1H3,(H,24,28). The Hall–Kier alpha value is -3.02. The third-order valence-corrected chi connectivity index (χ3v) is 5.76. The Balaban J connectivity index is 1.31. The average Bonchev–Trinajstić information content (AvgIpc) is 3.39. The second kappa shape index (κ2) is 8.55. The lowest BCUT2D eigenvalue weighted by Gasteiger charge is -2.29. The van der Waals surface area contributed by atoms with Crippen molar-refractivity contribution in [2.45, 2.75) is 32.2 Å². The van der Waals surface area contributed by atoms with Crippen molar-refractivity contribution in [1.29, 1.82) is 0 Å². The van der Waals surface area contributed by atoms with Crippen LogP contribution in [-0.2, 0) is 24.2 Å². The van der Waals surface area contributed by atoms with Crippen LogP contribution in [0.15, 0.2) is 48.5 Å². The van der Waals surface area contributed by atoms with Crippen molar-refractivity contribution in [3.8, 4) is 5.75 Å². The lowest BCUT2D eigenvalue weighted by atomic mass is 10.0. The molecule has 3 amide bonds. The number of hydrogen-bond acceptors (Lipinski definition) is 3. The minimum atomic E-state index is -0.221. The third-order valence-electron chi connectivity index (χ3n) is 5.76. The van der Waals surface area contributed by atoms with Crippen LogP contribution in [0.3, 0.4) is 0 Å². The molecule has 0 atom stereocenters. The third kappa shape index (κ3) is 4.36. The molecular formula is C23H27N3O3. The molecule has 1 aliphatic carbocycles. The number of amides is 3. The first-order chi connectivity index (χ1) is 14.1. The molecule has 6 heteroatoms. The first-order valence-electron chi connectivity index (χ1n) is 10.2. The van der Waals surface area contributed by atoms with Gasteiger partial charge in [0.05, 0.1) is 7.11 Å². The Labute approximate surface area is 171 Å². The highest BCUT2D eigenvalue weighted by atomic mass is 16.5. The normalized spacial score (nSPS) is 16.0. The van der Waals surface area contributed by atoms with Gasteiger partial charge in [0, 0.05) is 26.1 Å². The van der Waals surface area contributed by atoms with E-state index in [1.165, 1.54) is 11.1 Å². The van der Waals surface area contributed by atoms with Gasteiger partial charge in [-0.15, -0.1) is 0 Å². The van der Waals surface area contributed by atoms with Gasteiger partial charge in [-0.3, -0.25) is 9.80 Å². The minimum Gasteiger partial charge on any atom is -0.497 e. The van der Waals surface area contributed by atoms with Gasteiger partial charge in [0.15, 0.2) is 0 Å². The summed E-state index contributed by atoms with van der Waals surface area (Å²) in [4.78, 5) is 25.6. The van der Waals surface area contributed by atoms with Gasteiger partial charge in [-0.1, -0.05) is 36.4 Å². The molecule has 0 spiro atoms. The van der Waals surface area contributed by atoms with Gasteiger partial charge < -0.3 is 10.1 Å². The van der Waals surface area contributed by atoms with E-state index in [4.69, 9.17) is 4.74 Å². The van der Waals surface area contributed by atoms with E-state index in [1.54, 1.807) is 17.1 Å². The van der Waals surface area contributed by atoms with Gasteiger partial charge >= 0.3 is 6.03 Å². The average molecular weight is 393 g/mol. The zero-order valence-corrected chi connectivity index (χ0v) is 16.8. The molecule has 1 saturated heterocycles. The van der Waals surface area contributed by atoms with Gasteiger partial charge in [0.1, 0.15) is 5.75 Å². The van der Waals surface area contributed by atoms with Crippen LogP contribution in [0.25, 0.3) is 0 Å². The Kier molecular flexibility index (Phi) is 5.69. The number of urea groups is 1. The highest BCUT2D eigenvalue weighted by Gasteiger charge is 2.33. The summed E-state index contributed by atoms with van der Waals surface area (Å²) in [5.41, 5.74) is 3.68. The molecule has 2 aromatic rings. The van der Waals surface area contributed by atoms with Gasteiger partial charge in [0.2, 0.25) is 5.91 Å². The number of benzene rings is 2. The van der Waals surface area contributed by atoms with Crippen molar-refractivity contribution in [2.24, 2.45) is 5.92 Å². The molecule has 1 aliphatic heterocycles. The summed E-state index contributed by atoms with van der Waals surface area (Å²) in [6.45, 7) is 1.60. The van der Waals surface area contributed by atoms with Crippen LogP contribution in [0, 0.1) is 5.92 Å². The summed E-state index contributed by atoms with van der Waals surface area (Å²) in [5.74, 6) is 1.15. The maximum Gasteiger partial charge on any atom is 0.336 e. The molecule has 0 bridgehead atoms. The van der Waals surface area contributed by atoms with E-state index < -0.39 is 0 Å². The maximum atomic E-state index is 12.9. The summed E-state index contributed by atoms with van der Waals surface area (Å²) in [6, 6.07) is 15.8. The SMILES string of the molecule is COc1ccc(CNC(=O)N2CCCN2C(=O)CC2Cc3ccccc3C2)cc1. The van der Waals surface area contributed by atoms with Gasteiger partial charge in [-0.25, -0.2) is 9.80 Å². The molecule has 6 nitrogen and oxygen atoms in total. The molecule has 0 saturated carbocycles. The fraction of sp³-hybridized carbons (Fsp3) is 0.391. The number of nitrogens with zero attached hydrogens (tertiary/aromatic N) is 2. The van der Waals surface area contributed by atoms with Crippen molar-refractivity contribution < 1.29 is 14.3 Å². The van der Waals surface area contributed by atoms with Crippen LogP contribution < -0.4 is 10.1 Å². The second-order valence-electron chi connectivity index (χ2n) is 7.75. The van der Waals surface area contributed by atoms with Crippen molar-refractivity contribution in [2.75, 3.05) is 20.2 Å². The Morgan fingerprint density at radius 2 is 1.66 bits per heavy atom. The summed E-state index contributed by atoms with van der Waals surface area (Å²) in [6.07, 6.45) is 3.18. The van der Waals surface area contributed by atoms with Gasteiger partial charge in [-0.05, 0) is 54.0 Å². The van der Waals surface area contributed by atoms with E-state index in [0.29, 0.717) is 32.0 Å². The van der Waals surface area contributed by atoms with E-state index in [-0.39, 0.29) is 11.9 Å². The predicted octanol–water partition coefficient (Wildman–Crippen LogP) is 3.16. The van der Waals surface area contributed by atoms with Crippen LogP contribution in [0.4, 0.5) is 4.79 Å². The number of ether oxygens (including phenoxy) is 1. The zero-order chi connectivity index (χ0) is 20.2. The monoisotopic (exact) mass is 393 g/mol. The van der Waals surface area contributed by atoms with Crippen molar-refractivity contribution in [1.82, 2.24) is 15.3 Å². The first kappa shape index (κ1) is 19.3. The zero-order valence-electron chi connectivity index (χ0n) is 16.8. The van der Waals surface area contributed by atoms with Gasteiger partial charge in [0.25, 0.3) is 0 Å². The molecule has 152 valence electrons. The van der Waals surface area contributed by atoms with Crippen LogP contribution >= 0.6 is 0 Å². The molecule has 1 N–H and O–H groups in total. The number of methoxy groups -OCH3 is 1. The number of fused-ring (bicyclic) bond motifs is 1. The minimum absolute atomic E-state index is 0.0416. The number of carbonyl (C=O) groups excluding carboxylic acids is 2. The number of rotatable bonds is 5. The molecule has 0 unspecified atom stereocenters. The van der Waals surface area contributed by atoms with E-state index in [0.717, 1.165) is 30.6 Å². The summed E-state index contributed by atoms with van der Waals surface area (Å²) < 4.78 is 5.15. The first-order valence-corrected chi connectivity index (χ1v) is 10.2. The van der Waals surface area contributed by atoms with E-state index in [2.05, 4.69) is 29.6 Å². The van der Waals surface area contributed by atoms with Crippen molar-refractivity contribution in [3.05, 3.63) is 65.2 Å². The second-order valence-corrected chi connectivity index (χ2v) is 7.75. The van der Waals surface area contributed by atoms with E-state index >= 15 is 0 Å². The van der Waals surface area contributed by atoms with Gasteiger partial charge in [-0.2, -0.15) is 0 Å². The maximum absolute atomic E-state index is 12.9. The smallest absolute Gasteiger partial charge is 0.336 e. The van der Waals surface area contributed by atoms with Crippen LogP contribution in [0.5, 0.6) is 5.75 Å². The molecular weight excluding hydrogens is 366 g/mol. The predicted molar refractivity (Wildman–Crippen MR) is 110 cm³/mol. The lowest BCUT2D eigenvalue weighted by Crippen LogP contribution is -2.49. The molecule has 29 heavy (non-hydrogen) atoms.